The fraction of sp³-hybridized carbons (Fsp3) is 0.364. The summed E-state index contributed by atoms with van der Waals surface area (Å²) < 4.78 is 24.3. The number of benzene rings is 1. The van der Waals surface area contributed by atoms with Crippen LogP contribution in [0.1, 0.15) is 19.4 Å². The number of hydrogen-bond donors (Lipinski definition) is 1. The van der Waals surface area contributed by atoms with E-state index in [9.17, 15) is 13.2 Å². The van der Waals surface area contributed by atoms with Crippen molar-refractivity contribution in [1.29, 1.82) is 0 Å². The Hall–Kier alpha value is -0.880. The Labute approximate surface area is 109 Å². The van der Waals surface area contributed by atoms with Crippen LogP contribution < -0.4 is 0 Å². The van der Waals surface area contributed by atoms with Crippen LogP contribution in [0.5, 0.6) is 0 Å². The van der Waals surface area contributed by atoms with E-state index in [1.54, 1.807) is 13.8 Å². The summed E-state index contributed by atoms with van der Waals surface area (Å²) in [6.07, 6.45) is -0.124. The second-order valence-electron chi connectivity index (χ2n) is 3.93. The van der Waals surface area contributed by atoms with Crippen LogP contribution >= 0.6 is 15.9 Å². The van der Waals surface area contributed by atoms with Gasteiger partial charge < -0.3 is 5.11 Å². The minimum absolute atomic E-state index is 0.124. The van der Waals surface area contributed by atoms with E-state index < -0.39 is 21.1 Å². The van der Waals surface area contributed by atoms with Crippen molar-refractivity contribution in [2.24, 2.45) is 0 Å². The Balaban J connectivity index is 3.19. The number of rotatable bonds is 4. The normalized spacial score (nSPS) is 11.8. The van der Waals surface area contributed by atoms with Gasteiger partial charge in [-0.1, -0.05) is 6.07 Å². The molecule has 1 rings (SSSR count). The molecule has 1 N–H and O–H groups in total. The summed E-state index contributed by atoms with van der Waals surface area (Å²) in [6.45, 7) is 3.21. The van der Waals surface area contributed by atoms with Crippen molar-refractivity contribution in [1.82, 2.24) is 0 Å². The molecule has 1 aromatic rings. The first-order chi connectivity index (χ1) is 7.75. The second kappa shape index (κ2) is 5.18. The monoisotopic (exact) mass is 320 g/mol. The number of sulfone groups is 1. The molecule has 0 saturated carbocycles. The Morgan fingerprint density at radius 3 is 2.41 bits per heavy atom. The van der Waals surface area contributed by atoms with E-state index in [2.05, 4.69) is 15.9 Å². The fourth-order valence-corrected chi connectivity index (χ4v) is 3.51. The van der Waals surface area contributed by atoms with Gasteiger partial charge in [-0.25, -0.2) is 8.42 Å². The molecular formula is C11H13BrO4S. The van der Waals surface area contributed by atoms with E-state index in [4.69, 9.17) is 5.11 Å². The maximum absolute atomic E-state index is 11.9. The molecular weight excluding hydrogens is 308 g/mol. The molecule has 0 aromatic heterocycles. The van der Waals surface area contributed by atoms with Crippen molar-refractivity contribution >= 4 is 31.7 Å². The summed E-state index contributed by atoms with van der Waals surface area (Å²) >= 11 is 3.17. The van der Waals surface area contributed by atoms with Gasteiger partial charge in [-0.15, -0.1) is 0 Å². The number of carbonyl (C=O) groups is 1. The van der Waals surface area contributed by atoms with E-state index in [-0.39, 0.29) is 11.3 Å². The molecule has 94 valence electrons. The maximum Gasteiger partial charge on any atom is 0.307 e. The van der Waals surface area contributed by atoms with E-state index in [0.717, 1.165) is 0 Å². The summed E-state index contributed by atoms with van der Waals surface area (Å²) in [4.78, 5) is 10.7. The minimum atomic E-state index is -3.35. The van der Waals surface area contributed by atoms with Gasteiger partial charge in [0.2, 0.25) is 0 Å². The largest absolute Gasteiger partial charge is 0.481 e. The average Bonchev–Trinajstić information content (AvgIpc) is 2.15. The molecule has 0 aliphatic rings. The molecule has 4 nitrogen and oxygen atoms in total. The third-order valence-electron chi connectivity index (χ3n) is 2.28. The lowest BCUT2D eigenvalue weighted by atomic mass is 10.2. The topological polar surface area (TPSA) is 71.4 Å². The van der Waals surface area contributed by atoms with Crippen molar-refractivity contribution in [2.75, 3.05) is 0 Å². The Bertz CT molecular complexity index is 534. The highest BCUT2D eigenvalue weighted by Gasteiger charge is 2.22. The third-order valence-corrected chi connectivity index (χ3v) is 5.41. The Kier molecular flexibility index (Phi) is 4.32. The van der Waals surface area contributed by atoms with Gasteiger partial charge in [0.1, 0.15) is 0 Å². The first-order valence-electron chi connectivity index (χ1n) is 4.99. The maximum atomic E-state index is 11.9. The quantitative estimate of drug-likeness (QED) is 0.923. The van der Waals surface area contributed by atoms with Crippen molar-refractivity contribution in [2.45, 2.75) is 30.4 Å². The standard InChI is InChI=1S/C11H13BrO4S/c1-7(2)17(15,16)10-4-3-8(5-9(10)12)6-11(13)14/h3-5,7H,6H2,1-2H3,(H,13,14). The molecule has 6 heteroatoms. The summed E-state index contributed by atoms with van der Waals surface area (Å²) in [5.74, 6) is -0.948. The van der Waals surface area contributed by atoms with E-state index in [0.29, 0.717) is 10.0 Å². The van der Waals surface area contributed by atoms with Gasteiger partial charge in [-0.05, 0) is 47.5 Å². The average molecular weight is 321 g/mol. The van der Waals surface area contributed by atoms with Crippen LogP contribution in [-0.4, -0.2) is 24.7 Å². The predicted octanol–water partition coefficient (Wildman–Crippen LogP) is 2.26. The summed E-state index contributed by atoms with van der Waals surface area (Å²) in [5, 5.41) is 8.13. The first kappa shape index (κ1) is 14.2. The lowest BCUT2D eigenvalue weighted by molar-refractivity contribution is -0.136. The molecule has 0 spiro atoms. The Morgan fingerprint density at radius 2 is 2.00 bits per heavy atom. The highest BCUT2D eigenvalue weighted by atomic mass is 79.9. The molecule has 0 aliphatic heterocycles. The molecule has 0 radical (unpaired) electrons. The minimum Gasteiger partial charge on any atom is -0.481 e. The summed E-state index contributed by atoms with van der Waals surface area (Å²) in [6, 6.07) is 4.50. The van der Waals surface area contributed by atoms with E-state index in [1.165, 1.54) is 18.2 Å². The van der Waals surface area contributed by atoms with Crippen LogP contribution in [0.15, 0.2) is 27.6 Å². The number of carboxylic acid groups (broad SMARTS) is 1. The van der Waals surface area contributed by atoms with Gasteiger partial charge in [0, 0.05) is 4.47 Å². The summed E-state index contributed by atoms with van der Waals surface area (Å²) in [7, 11) is -3.35. The summed E-state index contributed by atoms with van der Waals surface area (Å²) in [5.41, 5.74) is 0.562. The van der Waals surface area contributed by atoms with Gasteiger partial charge in [-0.3, -0.25) is 4.79 Å². The SMILES string of the molecule is CC(C)S(=O)(=O)c1ccc(CC(=O)O)cc1Br. The second-order valence-corrected chi connectivity index (χ2v) is 7.26. The molecule has 0 amide bonds. The van der Waals surface area contributed by atoms with Crippen molar-refractivity contribution < 1.29 is 18.3 Å². The molecule has 1 aromatic carbocycles. The molecule has 17 heavy (non-hydrogen) atoms. The molecule has 0 fully saturated rings. The third kappa shape index (κ3) is 3.29. The lowest BCUT2D eigenvalue weighted by Crippen LogP contribution is -2.14. The first-order valence-corrected chi connectivity index (χ1v) is 7.33. The van der Waals surface area contributed by atoms with Crippen LogP contribution in [0.4, 0.5) is 0 Å². The van der Waals surface area contributed by atoms with Crippen LogP contribution in [0.3, 0.4) is 0 Å². The Morgan fingerprint density at radius 1 is 1.41 bits per heavy atom. The van der Waals surface area contributed by atoms with Crippen molar-refractivity contribution in [3.8, 4) is 0 Å². The smallest absolute Gasteiger partial charge is 0.307 e. The number of hydrogen-bond acceptors (Lipinski definition) is 3. The van der Waals surface area contributed by atoms with E-state index in [1.807, 2.05) is 0 Å². The number of aliphatic carboxylic acids is 1. The zero-order chi connectivity index (χ0) is 13.2. The van der Waals surface area contributed by atoms with Crippen molar-refractivity contribution in [3.05, 3.63) is 28.2 Å². The molecule has 0 unspecified atom stereocenters. The van der Waals surface area contributed by atoms with Gasteiger partial charge >= 0.3 is 5.97 Å². The highest BCUT2D eigenvalue weighted by Crippen LogP contribution is 2.26. The number of carboxylic acids is 1. The van der Waals surface area contributed by atoms with Crippen LogP contribution in [-0.2, 0) is 21.1 Å². The number of halogens is 1. The van der Waals surface area contributed by atoms with Gasteiger partial charge in [0.25, 0.3) is 0 Å². The van der Waals surface area contributed by atoms with Crippen LogP contribution in [0, 0.1) is 0 Å². The van der Waals surface area contributed by atoms with Crippen LogP contribution in [0.25, 0.3) is 0 Å². The zero-order valence-corrected chi connectivity index (χ0v) is 11.9. The predicted molar refractivity (Wildman–Crippen MR) is 67.8 cm³/mol. The van der Waals surface area contributed by atoms with Gasteiger partial charge in [-0.2, -0.15) is 0 Å². The lowest BCUT2D eigenvalue weighted by Gasteiger charge is -2.10. The molecule has 0 atom stereocenters. The highest BCUT2D eigenvalue weighted by molar-refractivity contribution is 9.10. The zero-order valence-electron chi connectivity index (χ0n) is 9.47. The van der Waals surface area contributed by atoms with Gasteiger partial charge in [0.15, 0.2) is 9.84 Å². The van der Waals surface area contributed by atoms with Crippen LogP contribution in [0.2, 0.25) is 0 Å². The molecule has 0 bridgehead atoms. The van der Waals surface area contributed by atoms with Crippen molar-refractivity contribution in [3.63, 3.8) is 0 Å². The van der Waals surface area contributed by atoms with E-state index >= 15 is 0 Å². The van der Waals surface area contributed by atoms with Gasteiger partial charge in [0.05, 0.1) is 16.6 Å². The molecule has 0 heterocycles. The molecule has 0 aliphatic carbocycles. The molecule has 0 saturated heterocycles. The fourth-order valence-electron chi connectivity index (χ4n) is 1.31.